The standard InChI is InChI=1S/C8H17NO4S/c1-9(3-4-13-2)7-5-14(11,12)6-8(7)10/h7-8,10H,3-6H2,1-2H3. The molecule has 0 amide bonds. The number of nitrogens with zero attached hydrogens (tertiary/aromatic N) is 1. The van der Waals surface area contributed by atoms with Crippen LogP contribution in [0.25, 0.3) is 0 Å². The molecular formula is C8H17NO4S. The molecule has 1 N–H and O–H groups in total. The number of hydrogen-bond donors (Lipinski definition) is 1. The summed E-state index contributed by atoms with van der Waals surface area (Å²) >= 11 is 0. The second kappa shape index (κ2) is 4.57. The first-order chi connectivity index (χ1) is 6.46. The van der Waals surface area contributed by atoms with Crippen LogP contribution < -0.4 is 0 Å². The van der Waals surface area contributed by atoms with Crippen molar-refractivity contribution >= 4 is 9.84 Å². The van der Waals surface area contributed by atoms with E-state index in [9.17, 15) is 13.5 Å². The fraction of sp³-hybridized carbons (Fsp3) is 1.00. The molecule has 1 heterocycles. The highest BCUT2D eigenvalue weighted by molar-refractivity contribution is 7.91. The summed E-state index contributed by atoms with van der Waals surface area (Å²) in [6.07, 6.45) is -0.762. The molecule has 6 heteroatoms. The fourth-order valence-electron chi connectivity index (χ4n) is 1.63. The van der Waals surface area contributed by atoms with Gasteiger partial charge in [0.2, 0.25) is 0 Å². The molecule has 0 aromatic rings. The minimum absolute atomic E-state index is 0.0500. The lowest BCUT2D eigenvalue weighted by Crippen LogP contribution is -2.42. The Morgan fingerprint density at radius 2 is 2.14 bits per heavy atom. The smallest absolute Gasteiger partial charge is 0.154 e. The van der Waals surface area contributed by atoms with Crippen LogP contribution in [0.5, 0.6) is 0 Å². The lowest BCUT2D eigenvalue weighted by atomic mass is 10.2. The summed E-state index contributed by atoms with van der Waals surface area (Å²) in [7, 11) is 0.345. The van der Waals surface area contributed by atoms with Crippen molar-refractivity contribution in [3.63, 3.8) is 0 Å². The molecule has 14 heavy (non-hydrogen) atoms. The first-order valence-electron chi connectivity index (χ1n) is 4.54. The Morgan fingerprint density at radius 3 is 2.57 bits per heavy atom. The summed E-state index contributed by atoms with van der Waals surface area (Å²) in [6.45, 7) is 1.17. The second-order valence-electron chi connectivity index (χ2n) is 3.69. The molecule has 0 radical (unpaired) electrons. The summed E-state index contributed by atoms with van der Waals surface area (Å²) in [6, 6.07) is -0.282. The molecule has 1 saturated heterocycles. The van der Waals surface area contributed by atoms with Crippen LogP contribution in [0.3, 0.4) is 0 Å². The second-order valence-corrected chi connectivity index (χ2v) is 5.84. The number of methoxy groups -OCH3 is 1. The molecule has 0 aromatic heterocycles. The van der Waals surface area contributed by atoms with Gasteiger partial charge in [0.1, 0.15) is 0 Å². The Bertz CT molecular complexity index is 277. The van der Waals surface area contributed by atoms with Crippen molar-refractivity contribution < 1.29 is 18.3 Å². The number of aliphatic hydroxyl groups is 1. The van der Waals surface area contributed by atoms with Crippen LogP contribution >= 0.6 is 0 Å². The van der Waals surface area contributed by atoms with Gasteiger partial charge < -0.3 is 9.84 Å². The van der Waals surface area contributed by atoms with Gasteiger partial charge in [-0.2, -0.15) is 0 Å². The largest absolute Gasteiger partial charge is 0.390 e. The third-order valence-corrected chi connectivity index (χ3v) is 4.21. The zero-order valence-corrected chi connectivity index (χ0v) is 9.33. The zero-order chi connectivity index (χ0) is 10.8. The maximum absolute atomic E-state index is 11.2. The van der Waals surface area contributed by atoms with Crippen LogP contribution in [-0.2, 0) is 14.6 Å². The third kappa shape index (κ3) is 2.91. The number of rotatable bonds is 4. The van der Waals surface area contributed by atoms with E-state index in [0.717, 1.165) is 0 Å². The van der Waals surface area contributed by atoms with Crippen LogP contribution in [0.2, 0.25) is 0 Å². The number of sulfone groups is 1. The molecule has 1 aliphatic rings. The monoisotopic (exact) mass is 223 g/mol. The maximum atomic E-state index is 11.2. The van der Waals surface area contributed by atoms with Gasteiger partial charge in [0, 0.05) is 13.7 Å². The van der Waals surface area contributed by atoms with Crippen LogP contribution in [0, 0.1) is 0 Å². The van der Waals surface area contributed by atoms with Gasteiger partial charge in [-0.15, -0.1) is 0 Å². The van der Waals surface area contributed by atoms with E-state index in [4.69, 9.17) is 4.74 Å². The normalized spacial score (nSPS) is 31.1. The highest BCUT2D eigenvalue weighted by Crippen LogP contribution is 2.16. The lowest BCUT2D eigenvalue weighted by molar-refractivity contribution is 0.0782. The average molecular weight is 223 g/mol. The van der Waals surface area contributed by atoms with E-state index in [1.165, 1.54) is 0 Å². The molecule has 0 aromatic carbocycles. The predicted octanol–water partition coefficient (Wildman–Crippen LogP) is -1.28. The van der Waals surface area contributed by atoms with Gasteiger partial charge in [-0.1, -0.05) is 0 Å². The Labute approximate surface area is 84.6 Å². The third-order valence-electron chi connectivity index (χ3n) is 2.51. The molecule has 84 valence electrons. The molecular weight excluding hydrogens is 206 g/mol. The summed E-state index contributed by atoms with van der Waals surface area (Å²) in [4.78, 5) is 1.83. The van der Waals surface area contributed by atoms with Gasteiger partial charge in [0.15, 0.2) is 9.84 Å². The topological polar surface area (TPSA) is 66.8 Å². The first-order valence-corrected chi connectivity index (χ1v) is 6.36. The molecule has 2 unspecified atom stereocenters. The van der Waals surface area contributed by atoms with Crippen LogP contribution in [-0.4, -0.2) is 69.4 Å². The van der Waals surface area contributed by atoms with Crippen molar-refractivity contribution in [1.29, 1.82) is 0 Å². The predicted molar refractivity (Wildman–Crippen MR) is 53.0 cm³/mol. The average Bonchev–Trinajstić information content (AvgIpc) is 2.35. The maximum Gasteiger partial charge on any atom is 0.154 e. The molecule has 1 aliphatic heterocycles. The van der Waals surface area contributed by atoms with Crippen LogP contribution in [0.15, 0.2) is 0 Å². The summed E-state index contributed by atoms with van der Waals surface area (Å²) in [5.41, 5.74) is 0. The summed E-state index contributed by atoms with van der Waals surface area (Å²) in [5.74, 6) is -0.0661. The first kappa shape index (κ1) is 11.9. The fourth-order valence-corrected chi connectivity index (χ4v) is 3.51. The van der Waals surface area contributed by atoms with Crippen molar-refractivity contribution in [1.82, 2.24) is 4.90 Å². The van der Waals surface area contributed by atoms with Gasteiger partial charge in [-0.05, 0) is 7.05 Å². The van der Waals surface area contributed by atoms with Crippen molar-refractivity contribution in [3.8, 4) is 0 Å². The molecule has 1 fully saturated rings. The Morgan fingerprint density at radius 1 is 1.50 bits per heavy atom. The van der Waals surface area contributed by atoms with Crippen molar-refractivity contribution in [2.24, 2.45) is 0 Å². The number of likely N-dealkylation sites (N-methyl/N-ethyl adjacent to an activating group) is 1. The van der Waals surface area contributed by atoms with Gasteiger partial charge in [0.05, 0.1) is 30.3 Å². The van der Waals surface area contributed by atoms with Gasteiger partial charge in [-0.25, -0.2) is 8.42 Å². The van der Waals surface area contributed by atoms with Crippen molar-refractivity contribution in [2.45, 2.75) is 12.1 Å². The molecule has 0 saturated carbocycles. The van der Waals surface area contributed by atoms with E-state index >= 15 is 0 Å². The van der Waals surface area contributed by atoms with Gasteiger partial charge >= 0.3 is 0 Å². The molecule has 0 aliphatic carbocycles. The SMILES string of the molecule is COCCN(C)C1CS(=O)(=O)CC1O. The Kier molecular flexibility index (Phi) is 3.88. The van der Waals surface area contributed by atoms with E-state index in [0.29, 0.717) is 13.2 Å². The molecule has 0 spiro atoms. The van der Waals surface area contributed by atoms with Crippen LogP contribution in [0.4, 0.5) is 0 Å². The zero-order valence-electron chi connectivity index (χ0n) is 8.51. The van der Waals surface area contributed by atoms with Crippen molar-refractivity contribution in [2.75, 3.05) is 38.8 Å². The minimum atomic E-state index is -3.05. The number of ether oxygens (including phenoxy) is 1. The van der Waals surface area contributed by atoms with Gasteiger partial charge in [-0.3, -0.25) is 4.90 Å². The Hall–Kier alpha value is -0.170. The summed E-state index contributed by atoms with van der Waals surface area (Å²) < 4.78 is 27.3. The van der Waals surface area contributed by atoms with Gasteiger partial charge in [0.25, 0.3) is 0 Å². The lowest BCUT2D eigenvalue weighted by Gasteiger charge is -2.25. The quantitative estimate of drug-likeness (QED) is 0.643. The van der Waals surface area contributed by atoms with E-state index in [1.807, 2.05) is 4.90 Å². The number of hydrogen-bond acceptors (Lipinski definition) is 5. The van der Waals surface area contributed by atoms with E-state index < -0.39 is 15.9 Å². The molecule has 2 atom stereocenters. The minimum Gasteiger partial charge on any atom is -0.390 e. The molecule has 5 nitrogen and oxygen atoms in total. The Balaban J connectivity index is 2.52. The van der Waals surface area contributed by atoms with Crippen LogP contribution in [0.1, 0.15) is 0 Å². The number of aliphatic hydroxyl groups excluding tert-OH is 1. The highest BCUT2D eigenvalue weighted by atomic mass is 32.2. The summed E-state index contributed by atoms with van der Waals surface area (Å²) in [5, 5.41) is 9.53. The van der Waals surface area contributed by atoms with E-state index in [-0.39, 0.29) is 17.5 Å². The molecule has 1 rings (SSSR count). The highest BCUT2D eigenvalue weighted by Gasteiger charge is 2.38. The van der Waals surface area contributed by atoms with E-state index in [1.54, 1.807) is 14.2 Å². The van der Waals surface area contributed by atoms with Crippen molar-refractivity contribution in [3.05, 3.63) is 0 Å². The molecule has 0 bridgehead atoms. The van der Waals surface area contributed by atoms with E-state index in [2.05, 4.69) is 0 Å².